The molecule has 3 rings (SSSR count). The number of alkyl halides is 3. The van der Waals surface area contributed by atoms with E-state index in [4.69, 9.17) is 0 Å². The predicted octanol–water partition coefficient (Wildman–Crippen LogP) is 3.22. The molecule has 0 radical (unpaired) electrons. The van der Waals surface area contributed by atoms with Crippen LogP contribution in [-0.4, -0.2) is 79.4 Å². The molecule has 1 aliphatic carbocycles. The van der Waals surface area contributed by atoms with Gasteiger partial charge in [0.25, 0.3) is 0 Å². The Morgan fingerprint density at radius 3 is 2.24 bits per heavy atom. The molecule has 1 heterocycles. The number of sulfonamides is 1. The molecule has 11 heteroatoms. The number of rotatable bonds is 6. The van der Waals surface area contributed by atoms with Gasteiger partial charge < -0.3 is 4.90 Å². The largest absolute Gasteiger partial charge is 0.402 e. The average Bonchev–Trinajstić information content (AvgIpc) is 2.81. The Hall–Kier alpha value is -2.16. The van der Waals surface area contributed by atoms with Crippen molar-refractivity contribution >= 4 is 15.9 Å². The summed E-state index contributed by atoms with van der Waals surface area (Å²) in [7, 11) is -4.56. The van der Waals surface area contributed by atoms with Crippen LogP contribution in [0.3, 0.4) is 0 Å². The van der Waals surface area contributed by atoms with Gasteiger partial charge >= 0.3 is 6.18 Å². The normalized spacial score (nSPS) is 22.7. The molecule has 2 aliphatic rings. The number of carbonyl (C=O) groups excluding carboxylic acids is 1. The molecular weight excluding hydrogens is 469 g/mol. The smallest absolute Gasteiger partial charge is 0.340 e. The molecule has 1 amide bonds. The van der Waals surface area contributed by atoms with Crippen LogP contribution < -0.4 is 0 Å². The molecule has 0 N–H and O–H groups in total. The Morgan fingerprint density at radius 1 is 1.12 bits per heavy atom. The van der Waals surface area contributed by atoms with E-state index in [1.807, 2.05) is 4.90 Å². The second kappa shape index (κ2) is 10.6. The van der Waals surface area contributed by atoms with Gasteiger partial charge in [-0.2, -0.15) is 22.7 Å². The van der Waals surface area contributed by atoms with Crippen LogP contribution in [0.15, 0.2) is 29.2 Å². The molecule has 34 heavy (non-hydrogen) atoms. The maximum Gasteiger partial charge on any atom is 0.402 e. The molecule has 188 valence electrons. The van der Waals surface area contributed by atoms with Crippen LogP contribution in [-0.2, 0) is 14.8 Å². The molecule has 0 bridgehead atoms. The second-order valence-corrected chi connectivity index (χ2v) is 11.1. The van der Waals surface area contributed by atoms with Crippen LogP contribution in [0.1, 0.15) is 45.1 Å². The Bertz CT molecular complexity index is 1010. The monoisotopic (exact) mass is 500 g/mol. The minimum Gasteiger partial charge on any atom is -0.340 e. The van der Waals surface area contributed by atoms with Gasteiger partial charge in [-0.1, -0.05) is 12.1 Å². The van der Waals surface area contributed by atoms with Crippen LogP contribution in [0.25, 0.3) is 0 Å². The minimum absolute atomic E-state index is 0.00177. The first kappa shape index (κ1) is 26.4. The molecule has 0 atom stereocenters. The van der Waals surface area contributed by atoms with Crippen LogP contribution in [0.4, 0.5) is 13.2 Å². The van der Waals surface area contributed by atoms with Crippen molar-refractivity contribution in [3.8, 4) is 6.07 Å². The quantitative estimate of drug-likeness (QED) is 0.599. The summed E-state index contributed by atoms with van der Waals surface area (Å²) in [4.78, 5) is 16.7. The molecule has 1 saturated heterocycles. The summed E-state index contributed by atoms with van der Waals surface area (Å²) < 4.78 is 67.1. The highest BCUT2D eigenvalue weighted by atomic mass is 32.2. The zero-order valence-corrected chi connectivity index (χ0v) is 20.3. The maximum atomic E-state index is 13.4. The van der Waals surface area contributed by atoms with E-state index in [0.29, 0.717) is 36.3 Å². The van der Waals surface area contributed by atoms with Gasteiger partial charge in [0.15, 0.2) is 0 Å². The summed E-state index contributed by atoms with van der Waals surface area (Å²) >= 11 is 0. The number of amides is 1. The lowest BCUT2D eigenvalue weighted by Gasteiger charge is -2.40. The van der Waals surface area contributed by atoms with Crippen molar-refractivity contribution in [3.05, 3.63) is 29.8 Å². The van der Waals surface area contributed by atoms with Gasteiger partial charge in [0.05, 0.1) is 10.5 Å². The number of piperazine rings is 1. The fourth-order valence-electron chi connectivity index (χ4n) is 4.82. The zero-order valence-electron chi connectivity index (χ0n) is 19.5. The lowest BCUT2D eigenvalue weighted by molar-refractivity contribution is -0.144. The number of halogens is 3. The number of hydrogen-bond donors (Lipinski definition) is 0. The van der Waals surface area contributed by atoms with Crippen molar-refractivity contribution in [2.24, 2.45) is 5.92 Å². The molecule has 0 aromatic heterocycles. The van der Waals surface area contributed by atoms with E-state index in [0.717, 1.165) is 19.2 Å². The van der Waals surface area contributed by atoms with E-state index in [1.54, 1.807) is 6.07 Å². The minimum atomic E-state index is -4.74. The van der Waals surface area contributed by atoms with E-state index in [2.05, 4.69) is 18.7 Å². The van der Waals surface area contributed by atoms with Crippen molar-refractivity contribution in [3.63, 3.8) is 0 Å². The van der Waals surface area contributed by atoms with Crippen LogP contribution in [0.5, 0.6) is 0 Å². The van der Waals surface area contributed by atoms with Crippen molar-refractivity contribution in [2.75, 3.05) is 32.7 Å². The summed E-state index contributed by atoms with van der Waals surface area (Å²) in [5.41, 5.74) is -0.195. The SMILES string of the molecule is CC(C)N1CCN(C(=O)C2CCC(N(CC(F)(F)F)S(=O)(=O)c3ccccc3C#N)CC2)CC1. The Balaban J connectivity index is 1.72. The summed E-state index contributed by atoms with van der Waals surface area (Å²) in [5.74, 6) is -0.314. The van der Waals surface area contributed by atoms with Gasteiger partial charge in [0.2, 0.25) is 15.9 Å². The lowest BCUT2D eigenvalue weighted by atomic mass is 9.85. The summed E-state index contributed by atoms with van der Waals surface area (Å²) in [5, 5.41) is 9.27. The topological polar surface area (TPSA) is 84.7 Å². The third-order valence-corrected chi connectivity index (χ3v) is 8.70. The Kier molecular flexibility index (Phi) is 8.26. The van der Waals surface area contributed by atoms with Crippen LogP contribution in [0, 0.1) is 17.2 Å². The van der Waals surface area contributed by atoms with E-state index < -0.39 is 33.7 Å². The number of benzene rings is 1. The molecular formula is C23H31F3N4O3S. The van der Waals surface area contributed by atoms with Crippen LogP contribution >= 0.6 is 0 Å². The molecule has 2 fully saturated rings. The molecule has 0 unspecified atom stereocenters. The third-order valence-electron chi connectivity index (χ3n) is 6.74. The first-order chi connectivity index (χ1) is 15.9. The van der Waals surface area contributed by atoms with E-state index >= 15 is 0 Å². The molecule has 1 aromatic rings. The number of hydrogen-bond acceptors (Lipinski definition) is 5. The van der Waals surface area contributed by atoms with Gasteiger partial charge in [0.1, 0.15) is 12.6 Å². The van der Waals surface area contributed by atoms with Crippen molar-refractivity contribution in [1.82, 2.24) is 14.1 Å². The number of carbonyl (C=O) groups is 1. The lowest BCUT2D eigenvalue weighted by Crippen LogP contribution is -2.53. The molecule has 7 nitrogen and oxygen atoms in total. The first-order valence-electron chi connectivity index (χ1n) is 11.5. The molecule has 1 saturated carbocycles. The van der Waals surface area contributed by atoms with Crippen molar-refractivity contribution in [2.45, 2.75) is 62.7 Å². The van der Waals surface area contributed by atoms with E-state index in [9.17, 15) is 31.6 Å². The standard InChI is InChI=1S/C23H31F3N4O3S/c1-17(2)28-11-13-29(14-12-28)22(31)18-7-9-20(10-8-18)30(16-23(24,25)26)34(32,33)21-6-4-3-5-19(21)15-27/h3-6,17-18,20H,7-14,16H2,1-2H3. The fraction of sp³-hybridized carbons (Fsp3) is 0.652. The highest BCUT2D eigenvalue weighted by Crippen LogP contribution is 2.35. The number of nitrogens with zero attached hydrogens (tertiary/aromatic N) is 4. The molecule has 1 aromatic carbocycles. The van der Waals surface area contributed by atoms with E-state index in [1.165, 1.54) is 18.2 Å². The van der Waals surface area contributed by atoms with Crippen molar-refractivity contribution < 1.29 is 26.4 Å². The highest BCUT2D eigenvalue weighted by Gasteiger charge is 2.43. The Morgan fingerprint density at radius 2 is 1.71 bits per heavy atom. The summed E-state index contributed by atoms with van der Waals surface area (Å²) in [6.45, 7) is 5.40. The molecule has 0 spiro atoms. The highest BCUT2D eigenvalue weighted by molar-refractivity contribution is 7.89. The van der Waals surface area contributed by atoms with Gasteiger partial charge in [-0.05, 0) is 51.7 Å². The summed E-state index contributed by atoms with van der Waals surface area (Å²) in [6, 6.07) is 6.54. The zero-order chi connectivity index (χ0) is 25.1. The first-order valence-corrected chi connectivity index (χ1v) is 13.0. The van der Waals surface area contributed by atoms with E-state index in [-0.39, 0.29) is 30.2 Å². The summed E-state index contributed by atoms with van der Waals surface area (Å²) in [6.07, 6.45) is -3.76. The van der Waals surface area contributed by atoms with Gasteiger partial charge in [-0.25, -0.2) is 8.42 Å². The average molecular weight is 501 g/mol. The maximum absolute atomic E-state index is 13.4. The van der Waals surface area contributed by atoms with Gasteiger partial charge in [0, 0.05) is 44.2 Å². The second-order valence-electron chi connectivity index (χ2n) is 9.23. The predicted molar refractivity (Wildman–Crippen MR) is 120 cm³/mol. The number of nitriles is 1. The molecule has 1 aliphatic heterocycles. The fourth-order valence-corrected chi connectivity index (χ4v) is 6.64. The van der Waals surface area contributed by atoms with Gasteiger partial charge in [-0.15, -0.1) is 0 Å². The van der Waals surface area contributed by atoms with Crippen LogP contribution in [0.2, 0.25) is 0 Å². The van der Waals surface area contributed by atoms with Crippen molar-refractivity contribution in [1.29, 1.82) is 5.26 Å². The van der Waals surface area contributed by atoms with Gasteiger partial charge in [-0.3, -0.25) is 9.69 Å². The third kappa shape index (κ3) is 6.09. The Labute approximate surface area is 199 Å².